The van der Waals surface area contributed by atoms with E-state index in [1.807, 2.05) is 0 Å². The van der Waals surface area contributed by atoms with Crippen molar-refractivity contribution >= 4 is 0 Å². The van der Waals surface area contributed by atoms with Gasteiger partial charge in [-0.25, -0.2) is 0 Å². The van der Waals surface area contributed by atoms with Gasteiger partial charge in [-0.1, -0.05) is 81.4 Å². The average molecular weight is 409 g/mol. The number of likely N-dealkylation sites (tertiary alicyclic amines) is 1. The molecule has 1 saturated heterocycles. The average Bonchev–Trinajstić information content (AvgIpc) is 2.81. The maximum absolute atomic E-state index is 3.48. The van der Waals surface area contributed by atoms with Crippen molar-refractivity contribution in [2.45, 2.75) is 90.8 Å². The zero-order valence-electron chi connectivity index (χ0n) is 20.0. The lowest BCUT2D eigenvalue weighted by atomic mass is 9.71. The second-order valence-electron chi connectivity index (χ2n) is 9.05. The molecule has 1 aliphatic rings. The van der Waals surface area contributed by atoms with E-state index in [4.69, 9.17) is 0 Å². The largest absolute Gasteiger partial charge is 0.312 e. The maximum Gasteiger partial charge on any atom is 0.0233 e. The predicted octanol–water partition coefficient (Wildman–Crippen LogP) is 6.80. The first-order valence-corrected chi connectivity index (χ1v) is 12.1. The molecule has 2 nitrogen and oxygen atoms in total. The van der Waals surface area contributed by atoms with Crippen LogP contribution in [0.2, 0.25) is 0 Å². The lowest BCUT2D eigenvalue weighted by Crippen LogP contribution is -2.41. The minimum absolute atomic E-state index is 0.397. The van der Waals surface area contributed by atoms with Gasteiger partial charge in [0.25, 0.3) is 0 Å². The van der Waals surface area contributed by atoms with E-state index in [2.05, 4.69) is 105 Å². The zero-order valence-corrected chi connectivity index (χ0v) is 20.0. The van der Waals surface area contributed by atoms with E-state index in [0.29, 0.717) is 17.5 Å². The topological polar surface area (TPSA) is 15.3 Å². The van der Waals surface area contributed by atoms with Crippen LogP contribution in [0.3, 0.4) is 0 Å². The molecule has 3 rings (SSSR count). The molecule has 0 aromatic heterocycles. The minimum Gasteiger partial charge on any atom is -0.312 e. The first kappa shape index (κ1) is 24.6. The third-order valence-electron chi connectivity index (χ3n) is 6.92. The van der Waals surface area contributed by atoms with Gasteiger partial charge in [-0.05, 0) is 75.6 Å². The molecule has 0 saturated carbocycles. The Kier molecular flexibility index (Phi) is 10.6. The van der Waals surface area contributed by atoms with Gasteiger partial charge in [-0.15, -0.1) is 0 Å². The van der Waals surface area contributed by atoms with Crippen LogP contribution >= 0.6 is 0 Å². The van der Waals surface area contributed by atoms with Crippen LogP contribution in [0.5, 0.6) is 0 Å². The lowest BCUT2D eigenvalue weighted by molar-refractivity contribution is 0.149. The Morgan fingerprint density at radius 1 is 0.800 bits per heavy atom. The Morgan fingerprint density at radius 3 is 1.77 bits per heavy atom. The Hall–Kier alpha value is -1.64. The first-order chi connectivity index (χ1) is 14.5. The van der Waals surface area contributed by atoms with Crippen LogP contribution in [0.4, 0.5) is 0 Å². The number of hydrogen-bond acceptors (Lipinski definition) is 2. The molecule has 0 radical (unpaired) electrons. The molecule has 0 amide bonds. The molecule has 1 aliphatic heterocycles. The molecule has 2 heteroatoms. The van der Waals surface area contributed by atoms with Crippen LogP contribution in [-0.4, -0.2) is 30.1 Å². The molecule has 166 valence electrons. The molecule has 2 unspecified atom stereocenters. The fourth-order valence-electron chi connectivity index (χ4n) is 4.34. The quantitative estimate of drug-likeness (QED) is 0.516. The predicted molar refractivity (Wildman–Crippen MR) is 132 cm³/mol. The summed E-state index contributed by atoms with van der Waals surface area (Å²) in [4.78, 5) is 2.60. The van der Waals surface area contributed by atoms with Gasteiger partial charge in [0.05, 0.1) is 0 Å². The molecule has 2 aromatic rings. The van der Waals surface area contributed by atoms with Gasteiger partial charge in [0.2, 0.25) is 0 Å². The van der Waals surface area contributed by atoms with Crippen LogP contribution in [0, 0.1) is 0 Å². The third-order valence-corrected chi connectivity index (χ3v) is 6.92. The zero-order chi connectivity index (χ0) is 21.8. The highest BCUT2D eigenvalue weighted by molar-refractivity contribution is 5.26. The lowest BCUT2D eigenvalue weighted by Gasteiger charge is -2.42. The number of rotatable bonds is 8. The molecule has 0 spiro atoms. The van der Waals surface area contributed by atoms with Gasteiger partial charge in [-0.3, -0.25) is 4.90 Å². The van der Waals surface area contributed by atoms with Crippen LogP contribution in [0.25, 0.3) is 0 Å². The minimum atomic E-state index is 0.397. The summed E-state index contributed by atoms with van der Waals surface area (Å²) < 4.78 is 0. The Balaban J connectivity index is 0.000000303. The number of benzene rings is 2. The highest BCUT2D eigenvalue weighted by atomic mass is 15.1. The smallest absolute Gasteiger partial charge is 0.0233 e. The van der Waals surface area contributed by atoms with Crippen molar-refractivity contribution in [3.63, 3.8) is 0 Å². The van der Waals surface area contributed by atoms with E-state index in [0.717, 1.165) is 6.54 Å². The number of nitrogens with zero attached hydrogens (tertiary/aromatic N) is 1. The second-order valence-corrected chi connectivity index (χ2v) is 9.05. The summed E-state index contributed by atoms with van der Waals surface area (Å²) in [6.07, 6.45) is 6.26. The highest BCUT2D eigenvalue weighted by Gasteiger charge is 2.34. The van der Waals surface area contributed by atoms with E-state index in [1.54, 1.807) is 0 Å². The Bertz CT molecular complexity index is 666. The van der Waals surface area contributed by atoms with Crippen molar-refractivity contribution in [2.75, 3.05) is 13.1 Å². The van der Waals surface area contributed by atoms with Crippen LogP contribution in [0.1, 0.15) is 77.8 Å². The van der Waals surface area contributed by atoms with Crippen LogP contribution in [-0.2, 0) is 12.0 Å². The summed E-state index contributed by atoms with van der Waals surface area (Å²) in [6.45, 7) is 14.7. The monoisotopic (exact) mass is 408 g/mol. The number of nitrogens with one attached hydrogen (secondary N) is 1. The van der Waals surface area contributed by atoms with Crippen molar-refractivity contribution in [3.8, 4) is 0 Å². The van der Waals surface area contributed by atoms with E-state index < -0.39 is 0 Å². The van der Waals surface area contributed by atoms with Crippen molar-refractivity contribution in [2.24, 2.45) is 0 Å². The van der Waals surface area contributed by atoms with Crippen molar-refractivity contribution in [1.29, 1.82) is 0 Å². The molecule has 1 N–H and O–H groups in total. The number of piperidine rings is 1. The van der Waals surface area contributed by atoms with Gasteiger partial charge in [0.1, 0.15) is 0 Å². The van der Waals surface area contributed by atoms with Crippen molar-refractivity contribution in [1.82, 2.24) is 10.2 Å². The van der Waals surface area contributed by atoms with Gasteiger partial charge in [0.15, 0.2) is 0 Å². The molecular weight excluding hydrogens is 364 g/mol. The molecule has 1 fully saturated rings. The first-order valence-electron chi connectivity index (χ1n) is 12.1. The number of hydrogen-bond donors (Lipinski definition) is 1. The summed E-state index contributed by atoms with van der Waals surface area (Å²) in [7, 11) is 0. The molecule has 2 aromatic carbocycles. The maximum atomic E-state index is 3.48. The molecule has 30 heavy (non-hydrogen) atoms. The molecule has 0 aliphatic carbocycles. The fraction of sp³-hybridized carbons (Fsp3) is 0.571. The van der Waals surface area contributed by atoms with Gasteiger partial charge < -0.3 is 5.32 Å². The van der Waals surface area contributed by atoms with E-state index >= 15 is 0 Å². The standard InChI is InChI=1S/C20H25N.C8H19N/c1-2-20(19-11-7-4-8-12-19)13-15-21(16-14-20)17-18-9-5-3-6-10-18;1-5-7(3)9-8(4)6-2/h3-12H,2,13-17H2,1H3;7-9H,5-6H2,1-4H3. The van der Waals surface area contributed by atoms with Gasteiger partial charge >= 0.3 is 0 Å². The fourth-order valence-corrected chi connectivity index (χ4v) is 4.34. The second kappa shape index (κ2) is 12.9. The summed E-state index contributed by atoms with van der Waals surface area (Å²) in [5.74, 6) is 0. The highest BCUT2D eigenvalue weighted by Crippen LogP contribution is 2.38. The van der Waals surface area contributed by atoms with Gasteiger partial charge in [0, 0.05) is 18.6 Å². The van der Waals surface area contributed by atoms with Crippen molar-refractivity contribution in [3.05, 3.63) is 71.8 Å². The van der Waals surface area contributed by atoms with Crippen molar-refractivity contribution < 1.29 is 0 Å². The van der Waals surface area contributed by atoms with E-state index in [-0.39, 0.29) is 0 Å². The van der Waals surface area contributed by atoms with E-state index in [9.17, 15) is 0 Å². The summed E-state index contributed by atoms with van der Waals surface area (Å²) >= 11 is 0. The summed E-state index contributed by atoms with van der Waals surface area (Å²) in [6, 6.07) is 23.3. The SMILES string of the molecule is CCC(C)NC(C)CC.CCC1(c2ccccc2)CCN(Cc2ccccc2)CC1. The Morgan fingerprint density at radius 2 is 1.30 bits per heavy atom. The Labute approximate surface area is 186 Å². The third kappa shape index (κ3) is 7.56. The normalized spacial score (nSPS) is 18.2. The molecule has 2 atom stereocenters. The van der Waals surface area contributed by atoms with Gasteiger partial charge in [-0.2, -0.15) is 0 Å². The molecule has 0 bridgehead atoms. The van der Waals surface area contributed by atoms with Crippen LogP contribution in [0.15, 0.2) is 60.7 Å². The summed E-state index contributed by atoms with van der Waals surface area (Å²) in [5, 5.41) is 3.48. The molecular formula is C28H44N2. The van der Waals surface area contributed by atoms with Crippen LogP contribution < -0.4 is 5.32 Å². The molecule has 1 heterocycles. The van der Waals surface area contributed by atoms with E-state index in [1.165, 1.54) is 56.3 Å². The summed E-state index contributed by atoms with van der Waals surface area (Å²) in [5.41, 5.74) is 3.36.